The summed E-state index contributed by atoms with van der Waals surface area (Å²) in [7, 11) is 2.04. The number of benzene rings is 2. The van der Waals surface area contributed by atoms with E-state index in [2.05, 4.69) is 64.0 Å². The Hall–Kier alpha value is -2.81. The van der Waals surface area contributed by atoms with Gasteiger partial charge in [0.15, 0.2) is 0 Å². The van der Waals surface area contributed by atoms with E-state index in [1.807, 2.05) is 55.6 Å². The molecule has 2 aromatic carbocycles. The van der Waals surface area contributed by atoms with Crippen LogP contribution < -0.4 is 0 Å². The molecular formula is C25H22IrN3-. The minimum Gasteiger partial charge on any atom is -0.305 e. The molecule has 2 aromatic heterocycles. The van der Waals surface area contributed by atoms with E-state index < -0.39 is 0 Å². The molecule has 0 unspecified atom stereocenters. The molecule has 1 radical (unpaired) electrons. The van der Waals surface area contributed by atoms with Crippen LogP contribution in [-0.4, -0.2) is 14.1 Å². The van der Waals surface area contributed by atoms with E-state index in [9.17, 15) is 0 Å². The van der Waals surface area contributed by atoms with Gasteiger partial charge in [0.1, 0.15) is 18.7 Å². The monoisotopic (exact) mass is 557 g/mol. The van der Waals surface area contributed by atoms with E-state index in [1.165, 1.54) is 22.4 Å². The number of aryl methyl sites for hydroxylation is 1. The van der Waals surface area contributed by atoms with Crippen molar-refractivity contribution in [3.05, 3.63) is 114 Å². The molecule has 0 N–H and O–H groups in total. The largest absolute Gasteiger partial charge is 0.305 e. The van der Waals surface area contributed by atoms with Crippen LogP contribution in [0.2, 0.25) is 0 Å². The van der Waals surface area contributed by atoms with E-state index in [4.69, 9.17) is 0 Å². The van der Waals surface area contributed by atoms with Crippen molar-refractivity contribution >= 4 is 5.70 Å². The molecule has 1 aliphatic carbocycles. The van der Waals surface area contributed by atoms with Gasteiger partial charge in [-0.15, -0.1) is 71.3 Å². The summed E-state index contributed by atoms with van der Waals surface area (Å²) < 4.78 is 4.23. The number of fused-ring (bicyclic) bond motifs is 1. The van der Waals surface area contributed by atoms with Gasteiger partial charge in [-0.25, -0.2) is 0 Å². The summed E-state index contributed by atoms with van der Waals surface area (Å²) in [6.07, 6.45) is 9.07. The minimum atomic E-state index is 0. The van der Waals surface area contributed by atoms with Crippen LogP contribution in [0.25, 0.3) is 17.0 Å². The Bertz CT molecular complexity index is 1060. The number of rotatable bonds is 2. The van der Waals surface area contributed by atoms with Crippen LogP contribution in [-0.2, 0) is 33.6 Å². The molecule has 147 valence electrons. The average Bonchev–Trinajstić information content (AvgIpc) is 3.31. The van der Waals surface area contributed by atoms with E-state index in [0.29, 0.717) is 0 Å². The fourth-order valence-corrected chi connectivity index (χ4v) is 3.43. The summed E-state index contributed by atoms with van der Waals surface area (Å²) in [6.45, 7) is 2.20. The van der Waals surface area contributed by atoms with Gasteiger partial charge < -0.3 is 4.98 Å². The predicted molar refractivity (Wildman–Crippen MR) is 113 cm³/mol. The first-order valence-corrected chi connectivity index (χ1v) is 9.34. The maximum atomic E-state index is 4.22. The molecule has 5 rings (SSSR count). The summed E-state index contributed by atoms with van der Waals surface area (Å²) in [4.78, 5) is 4.22. The SMILES string of the molecule is CC1=C(n2ccn(C)[cH+]2)c2[c-]cccc2C1.[Ir].[c-]1ccccc1-c1ccccn1. The van der Waals surface area contributed by atoms with Crippen molar-refractivity contribution in [3.8, 4) is 11.3 Å². The van der Waals surface area contributed by atoms with Crippen molar-refractivity contribution in [2.45, 2.75) is 13.3 Å². The number of hydrogen-bond acceptors (Lipinski definition) is 1. The van der Waals surface area contributed by atoms with Crippen LogP contribution in [0.15, 0.2) is 91.2 Å². The van der Waals surface area contributed by atoms with Gasteiger partial charge in [0, 0.05) is 33.3 Å². The average molecular weight is 557 g/mol. The van der Waals surface area contributed by atoms with Crippen LogP contribution in [0.5, 0.6) is 0 Å². The number of nitrogens with zero attached hydrogens (tertiary/aromatic N) is 3. The fourth-order valence-electron chi connectivity index (χ4n) is 3.43. The molecule has 0 saturated carbocycles. The topological polar surface area (TPSA) is 22.8 Å². The van der Waals surface area contributed by atoms with Gasteiger partial charge in [-0.1, -0.05) is 24.6 Å². The summed E-state index contributed by atoms with van der Waals surface area (Å²) in [6, 6.07) is 26.4. The third-order valence-electron chi connectivity index (χ3n) is 4.72. The molecule has 1 aliphatic rings. The van der Waals surface area contributed by atoms with Crippen molar-refractivity contribution in [1.82, 2.24) is 14.1 Å². The van der Waals surface area contributed by atoms with E-state index >= 15 is 0 Å². The normalized spacial score (nSPS) is 11.9. The zero-order chi connectivity index (χ0) is 19.3. The van der Waals surface area contributed by atoms with Gasteiger partial charge >= 0.3 is 0 Å². The molecule has 0 amide bonds. The maximum Gasteiger partial charge on any atom is 0.146 e. The maximum absolute atomic E-state index is 4.22. The van der Waals surface area contributed by atoms with E-state index in [0.717, 1.165) is 17.7 Å². The standard InChI is InChI=1S/C14H14N2.C11H8N.Ir/c1-11-9-12-5-3-4-6-13(12)14(11)16-8-7-15(2)10-16;1-2-6-10(7-3-1)11-8-4-5-9-12-11;/h3-5,7-8,10H,9H2,1-2H3;1-6,8-9H;/q;-1;. The summed E-state index contributed by atoms with van der Waals surface area (Å²) >= 11 is 0. The first-order chi connectivity index (χ1) is 13.7. The van der Waals surface area contributed by atoms with Crippen LogP contribution in [0.1, 0.15) is 18.1 Å². The van der Waals surface area contributed by atoms with Gasteiger partial charge in [0.2, 0.25) is 0 Å². The van der Waals surface area contributed by atoms with Gasteiger partial charge in [-0.2, -0.15) is 0 Å². The molecule has 0 aliphatic heterocycles. The van der Waals surface area contributed by atoms with Gasteiger partial charge in [-0.3, -0.25) is 9.13 Å². The zero-order valence-electron chi connectivity index (χ0n) is 16.5. The Kier molecular flexibility index (Phi) is 6.92. The number of imidazole rings is 1. The summed E-state index contributed by atoms with van der Waals surface area (Å²) in [5, 5.41) is 0. The molecule has 0 saturated heterocycles. The first-order valence-electron chi connectivity index (χ1n) is 9.34. The second-order valence-corrected chi connectivity index (χ2v) is 6.85. The Balaban J connectivity index is 0.000000167. The van der Waals surface area contributed by atoms with Crippen molar-refractivity contribution in [2.75, 3.05) is 0 Å². The first kappa shape index (κ1) is 20.9. The second kappa shape index (κ2) is 9.60. The number of hydrogen-bond donors (Lipinski definition) is 0. The number of pyridine rings is 1. The van der Waals surface area contributed by atoms with Crippen LogP contribution >= 0.6 is 0 Å². The van der Waals surface area contributed by atoms with Crippen LogP contribution in [0.4, 0.5) is 0 Å². The molecule has 4 aromatic rings. The zero-order valence-corrected chi connectivity index (χ0v) is 18.9. The molecule has 2 heterocycles. The smallest absolute Gasteiger partial charge is 0.146 e. The summed E-state index contributed by atoms with van der Waals surface area (Å²) in [5.74, 6) is 0. The van der Waals surface area contributed by atoms with Crippen molar-refractivity contribution in [2.24, 2.45) is 7.05 Å². The van der Waals surface area contributed by atoms with E-state index in [-0.39, 0.29) is 20.1 Å². The molecule has 0 bridgehead atoms. The van der Waals surface area contributed by atoms with Crippen LogP contribution in [0, 0.1) is 12.1 Å². The molecule has 29 heavy (non-hydrogen) atoms. The quantitative estimate of drug-likeness (QED) is 0.308. The molecule has 4 heteroatoms. The number of allylic oxidation sites excluding steroid dienone is 1. The number of aromatic nitrogens is 3. The van der Waals surface area contributed by atoms with Crippen molar-refractivity contribution < 1.29 is 20.1 Å². The predicted octanol–water partition coefficient (Wildman–Crippen LogP) is 5.29. The third-order valence-corrected chi connectivity index (χ3v) is 4.72. The molecule has 3 nitrogen and oxygen atoms in total. The Morgan fingerprint density at radius 1 is 0.966 bits per heavy atom. The van der Waals surface area contributed by atoms with Crippen molar-refractivity contribution in [3.63, 3.8) is 0 Å². The Labute approximate surface area is 185 Å². The third kappa shape index (κ3) is 4.79. The molecule has 0 spiro atoms. The van der Waals surface area contributed by atoms with Gasteiger partial charge in [0.25, 0.3) is 0 Å². The molecule has 0 atom stereocenters. The molecule has 0 fully saturated rings. The van der Waals surface area contributed by atoms with Gasteiger partial charge in [-0.05, 0) is 23.9 Å². The van der Waals surface area contributed by atoms with Crippen LogP contribution in [0.3, 0.4) is 0 Å². The second-order valence-electron chi connectivity index (χ2n) is 6.85. The van der Waals surface area contributed by atoms with Gasteiger partial charge in [0.05, 0.1) is 0 Å². The fraction of sp³-hybridized carbons (Fsp3) is 0.120. The summed E-state index contributed by atoms with van der Waals surface area (Å²) in [5.41, 5.74) is 7.34. The minimum absolute atomic E-state index is 0. The Morgan fingerprint density at radius 3 is 2.48 bits per heavy atom. The van der Waals surface area contributed by atoms with E-state index in [1.54, 1.807) is 6.20 Å². The Morgan fingerprint density at radius 2 is 1.79 bits per heavy atom. The molecular weight excluding hydrogens is 535 g/mol. The van der Waals surface area contributed by atoms with Crippen molar-refractivity contribution in [1.29, 1.82) is 0 Å².